The molecule has 17 heavy (non-hydrogen) atoms. The van der Waals surface area contributed by atoms with Crippen LogP contribution in [0.1, 0.15) is 19.4 Å². The summed E-state index contributed by atoms with van der Waals surface area (Å²) in [5.74, 6) is -1.67. The Morgan fingerprint density at radius 2 is 1.53 bits per heavy atom. The van der Waals surface area contributed by atoms with Crippen molar-refractivity contribution < 1.29 is 22.9 Å². The molecule has 1 rings (SSSR count). The first-order valence-electron chi connectivity index (χ1n) is 4.52. The van der Waals surface area contributed by atoms with E-state index in [0.717, 1.165) is 17.4 Å². The Balaban J connectivity index is 0. The van der Waals surface area contributed by atoms with E-state index in [1.165, 1.54) is 5.56 Å². The van der Waals surface area contributed by atoms with E-state index in [1.54, 1.807) is 0 Å². The minimum atomic E-state index is -0.957. The Kier molecular flexibility index (Phi) is 11.9. The van der Waals surface area contributed by atoms with Gasteiger partial charge in [-0.3, -0.25) is 12.7 Å². The second-order valence-corrected chi connectivity index (χ2v) is 4.60. The van der Waals surface area contributed by atoms with Crippen molar-refractivity contribution in [2.75, 3.05) is 0 Å². The molecule has 1 aromatic rings. The van der Waals surface area contributed by atoms with E-state index in [1.807, 2.05) is 31.2 Å². The van der Waals surface area contributed by atoms with Gasteiger partial charge >= 0.3 is 0 Å². The first-order chi connectivity index (χ1) is 7.79. The second kappa shape index (κ2) is 11.2. The van der Waals surface area contributed by atoms with E-state index in [-0.39, 0.29) is 0 Å². The number of hydrogen-bond acceptors (Lipinski definition) is 3. The van der Waals surface area contributed by atoms with Gasteiger partial charge in [-0.15, -0.1) is 0 Å². The molecular formula is C11H15IO5. The molecule has 0 fully saturated rings. The van der Waals surface area contributed by atoms with E-state index in [4.69, 9.17) is 19.8 Å². The van der Waals surface area contributed by atoms with Gasteiger partial charge in [-0.2, -0.15) is 0 Å². The van der Waals surface area contributed by atoms with Gasteiger partial charge in [0, 0.05) is 17.4 Å². The second-order valence-electron chi connectivity index (χ2n) is 2.91. The Morgan fingerprint density at radius 3 is 1.76 bits per heavy atom. The third kappa shape index (κ3) is 20.7. The van der Waals surface area contributed by atoms with Gasteiger partial charge in [0.25, 0.3) is 11.9 Å². The molecule has 0 saturated heterocycles. The van der Waals surface area contributed by atoms with Crippen LogP contribution < -0.4 is 0 Å². The summed E-state index contributed by atoms with van der Waals surface area (Å²) in [4.78, 5) is 18.0. The summed E-state index contributed by atoms with van der Waals surface area (Å²) in [5.41, 5.74) is 1.18. The van der Waals surface area contributed by atoms with Gasteiger partial charge in [-0.05, 0) is 24.6 Å². The van der Waals surface area contributed by atoms with Crippen molar-refractivity contribution in [2.45, 2.75) is 20.8 Å². The lowest BCUT2D eigenvalue weighted by molar-refractivity contribution is -0.135. The largest absolute Gasteiger partial charge is 0.481 e. The highest BCUT2D eigenvalue weighted by Crippen LogP contribution is 2.10. The SMILES string of the molecule is CC(=O)O.CC(=O)O.Cc1cccc(I=O)c1. The van der Waals surface area contributed by atoms with Crippen LogP contribution in [0.25, 0.3) is 0 Å². The Bertz CT molecular complexity index is 356. The number of benzene rings is 1. The zero-order valence-corrected chi connectivity index (χ0v) is 12.0. The fraction of sp³-hybridized carbons (Fsp3) is 0.273. The van der Waals surface area contributed by atoms with Crippen LogP contribution in [0.5, 0.6) is 0 Å². The third-order valence-corrected chi connectivity index (χ3v) is 2.25. The Labute approximate surface area is 110 Å². The third-order valence-electron chi connectivity index (χ3n) is 1.07. The maximum absolute atomic E-state index is 10.4. The summed E-state index contributed by atoms with van der Waals surface area (Å²) < 4.78 is 11.4. The molecule has 0 saturated carbocycles. The van der Waals surface area contributed by atoms with Crippen LogP contribution in [-0.4, -0.2) is 22.2 Å². The predicted molar refractivity (Wildman–Crippen MR) is 71.2 cm³/mol. The normalized spacial score (nSPS) is 7.94. The van der Waals surface area contributed by atoms with Crippen LogP contribution in [0.2, 0.25) is 0 Å². The molecule has 0 aromatic heterocycles. The van der Waals surface area contributed by atoms with Crippen LogP contribution in [0.4, 0.5) is 0 Å². The van der Waals surface area contributed by atoms with Crippen molar-refractivity contribution in [3.8, 4) is 0 Å². The number of carboxylic acids is 2. The molecular weight excluding hydrogens is 339 g/mol. The topological polar surface area (TPSA) is 91.7 Å². The molecule has 0 amide bonds. The smallest absolute Gasteiger partial charge is 0.300 e. The van der Waals surface area contributed by atoms with Gasteiger partial charge < -0.3 is 10.2 Å². The van der Waals surface area contributed by atoms with E-state index >= 15 is 0 Å². The molecule has 0 spiro atoms. The molecule has 5 nitrogen and oxygen atoms in total. The lowest BCUT2D eigenvalue weighted by Gasteiger charge is -1.88. The van der Waals surface area contributed by atoms with Crippen LogP contribution in [0.15, 0.2) is 24.3 Å². The Morgan fingerprint density at radius 1 is 1.12 bits per heavy atom. The highest BCUT2D eigenvalue weighted by atomic mass is 127. The summed E-state index contributed by atoms with van der Waals surface area (Å²) in [6.07, 6.45) is 0. The van der Waals surface area contributed by atoms with Crippen molar-refractivity contribution in [3.63, 3.8) is 0 Å². The molecule has 0 atom stereocenters. The fourth-order valence-corrected chi connectivity index (χ4v) is 1.63. The molecule has 0 radical (unpaired) electrons. The van der Waals surface area contributed by atoms with Gasteiger partial charge in [0.15, 0.2) is 21.2 Å². The molecule has 1 aromatic carbocycles. The van der Waals surface area contributed by atoms with Crippen molar-refractivity contribution >= 4 is 33.1 Å². The molecule has 0 heterocycles. The molecule has 0 aliphatic rings. The molecule has 0 unspecified atom stereocenters. The summed E-state index contributed by atoms with van der Waals surface area (Å²) >= 11 is -0.957. The standard InChI is InChI=1S/C7H7IO.2C2H4O2/c1-6-3-2-4-7(5-6)8-9;2*1-2(3)4/h2-5H,1H3;2*1H3,(H,3,4). The van der Waals surface area contributed by atoms with Crippen LogP contribution >= 0.6 is 21.2 Å². The summed E-state index contributed by atoms with van der Waals surface area (Å²) in [6.45, 7) is 4.17. The molecule has 0 aliphatic carbocycles. The van der Waals surface area contributed by atoms with E-state index < -0.39 is 33.1 Å². The van der Waals surface area contributed by atoms with E-state index in [0.29, 0.717) is 0 Å². The number of aliphatic carboxylic acids is 2. The maximum Gasteiger partial charge on any atom is 0.300 e. The molecule has 6 heteroatoms. The van der Waals surface area contributed by atoms with Crippen LogP contribution in [-0.2, 0) is 12.7 Å². The first-order valence-corrected chi connectivity index (χ1v) is 6.48. The van der Waals surface area contributed by atoms with E-state index in [2.05, 4.69) is 0 Å². The van der Waals surface area contributed by atoms with Gasteiger partial charge in [-0.25, -0.2) is 0 Å². The zero-order valence-electron chi connectivity index (χ0n) is 9.81. The highest BCUT2D eigenvalue weighted by molar-refractivity contribution is 14.1. The quantitative estimate of drug-likeness (QED) is 0.757. The number of halogens is 1. The molecule has 96 valence electrons. The maximum atomic E-state index is 10.4. The average Bonchev–Trinajstić information content (AvgIpc) is 2.16. The minimum absolute atomic E-state index is 0.833. The minimum Gasteiger partial charge on any atom is -0.481 e. The molecule has 0 aliphatic heterocycles. The molecule has 2 N–H and O–H groups in total. The van der Waals surface area contributed by atoms with Gasteiger partial charge in [0.1, 0.15) is 0 Å². The number of rotatable bonds is 1. The molecule has 0 bridgehead atoms. The van der Waals surface area contributed by atoms with Crippen molar-refractivity contribution in [2.24, 2.45) is 0 Å². The lowest BCUT2D eigenvalue weighted by atomic mass is 10.2. The van der Waals surface area contributed by atoms with E-state index in [9.17, 15) is 3.07 Å². The predicted octanol–water partition coefficient (Wildman–Crippen LogP) is 2.66. The van der Waals surface area contributed by atoms with Crippen molar-refractivity contribution in [3.05, 3.63) is 33.4 Å². The van der Waals surface area contributed by atoms with Gasteiger partial charge in [0.05, 0.1) is 0 Å². The summed E-state index contributed by atoms with van der Waals surface area (Å²) in [5, 5.41) is 14.8. The Hall–Kier alpha value is -1.31. The van der Waals surface area contributed by atoms with Crippen molar-refractivity contribution in [1.82, 2.24) is 0 Å². The number of carboxylic acid groups (broad SMARTS) is 2. The van der Waals surface area contributed by atoms with Crippen molar-refractivity contribution in [1.29, 1.82) is 0 Å². The fourth-order valence-electron chi connectivity index (χ4n) is 0.654. The summed E-state index contributed by atoms with van der Waals surface area (Å²) in [7, 11) is 0. The zero-order chi connectivity index (χ0) is 13.8. The number of aryl methyl sites for hydroxylation is 1. The number of hydrogen-bond donors (Lipinski definition) is 2. The van der Waals surface area contributed by atoms with Crippen LogP contribution in [0.3, 0.4) is 0 Å². The summed E-state index contributed by atoms with van der Waals surface area (Å²) in [6, 6.07) is 7.79. The average molecular weight is 354 g/mol. The van der Waals surface area contributed by atoms with Gasteiger partial charge in [-0.1, -0.05) is 12.1 Å². The lowest BCUT2D eigenvalue weighted by Crippen LogP contribution is -1.78. The highest BCUT2D eigenvalue weighted by Gasteiger charge is 1.87. The monoisotopic (exact) mass is 354 g/mol. The number of carbonyl (C=O) groups is 2. The van der Waals surface area contributed by atoms with Gasteiger partial charge in [0.2, 0.25) is 0 Å². The van der Waals surface area contributed by atoms with Crippen LogP contribution in [0, 0.1) is 10.5 Å². The first kappa shape index (κ1) is 18.1.